The van der Waals surface area contributed by atoms with Crippen LogP contribution in [0.2, 0.25) is 20.1 Å². The molecule has 0 radical (unpaired) electrons. The van der Waals surface area contributed by atoms with Gasteiger partial charge in [-0.15, -0.1) is 0 Å². The first kappa shape index (κ1) is 28.5. The van der Waals surface area contributed by atoms with Crippen molar-refractivity contribution >= 4 is 73.9 Å². The normalized spacial score (nSPS) is 12.4. The Balaban J connectivity index is 2.49. The fourth-order valence-electron chi connectivity index (χ4n) is 3.12. The Morgan fingerprint density at radius 3 is 2.06 bits per heavy atom. The molecule has 0 heterocycles. The zero-order valence-electron chi connectivity index (χ0n) is 19.0. The predicted octanol–water partition coefficient (Wildman–Crippen LogP) is 5.01. The van der Waals surface area contributed by atoms with E-state index in [9.17, 15) is 18.0 Å². The molecule has 0 aliphatic carbocycles. The Morgan fingerprint density at radius 2 is 1.56 bits per heavy atom. The van der Waals surface area contributed by atoms with Crippen LogP contribution in [0.3, 0.4) is 0 Å². The van der Waals surface area contributed by atoms with Gasteiger partial charge in [0.1, 0.15) is 12.6 Å². The third-order valence-corrected chi connectivity index (χ3v) is 7.22. The second-order valence-electron chi connectivity index (χ2n) is 7.93. The molecule has 0 aliphatic heterocycles. The highest BCUT2D eigenvalue weighted by Gasteiger charge is 2.31. The summed E-state index contributed by atoms with van der Waals surface area (Å²) in [4.78, 5) is 27.5. The third-order valence-electron chi connectivity index (χ3n) is 4.85. The number of sulfonamides is 1. The van der Waals surface area contributed by atoms with Gasteiger partial charge in [-0.2, -0.15) is 0 Å². The standard InChI is InChI=1S/C22H25Cl4N3O4S/c1-13(2)27-22(31)14(3)28(11-16-17(24)6-5-7-18(16)25)21(30)12-29(34(4,32)33)20-9-8-15(23)10-19(20)26/h5-10,13-14H,11-12H2,1-4H3,(H,27,31)/t14-/m1/s1. The van der Waals surface area contributed by atoms with Gasteiger partial charge in [0.25, 0.3) is 0 Å². The third kappa shape index (κ3) is 7.39. The number of amides is 2. The molecule has 7 nitrogen and oxygen atoms in total. The van der Waals surface area contributed by atoms with Crippen LogP contribution < -0.4 is 9.62 Å². The molecule has 2 aromatic rings. The predicted molar refractivity (Wildman–Crippen MR) is 138 cm³/mol. The molecule has 34 heavy (non-hydrogen) atoms. The molecule has 0 aliphatic rings. The second kappa shape index (κ2) is 11.8. The molecular weight excluding hydrogens is 544 g/mol. The molecule has 1 N–H and O–H groups in total. The molecule has 0 aromatic heterocycles. The number of nitrogens with zero attached hydrogens (tertiary/aromatic N) is 2. The van der Waals surface area contributed by atoms with Crippen molar-refractivity contribution in [3.63, 3.8) is 0 Å². The Morgan fingerprint density at radius 1 is 0.971 bits per heavy atom. The minimum atomic E-state index is -3.93. The van der Waals surface area contributed by atoms with E-state index in [4.69, 9.17) is 46.4 Å². The van der Waals surface area contributed by atoms with E-state index >= 15 is 0 Å². The summed E-state index contributed by atoms with van der Waals surface area (Å²) in [6, 6.07) is 8.00. The Labute approximate surface area is 220 Å². The van der Waals surface area contributed by atoms with E-state index in [2.05, 4.69) is 5.32 Å². The van der Waals surface area contributed by atoms with Crippen LogP contribution in [-0.2, 0) is 26.2 Å². The number of nitrogens with one attached hydrogen (secondary N) is 1. The maximum Gasteiger partial charge on any atom is 0.244 e. The van der Waals surface area contributed by atoms with Crippen LogP contribution in [0.4, 0.5) is 5.69 Å². The zero-order valence-corrected chi connectivity index (χ0v) is 22.8. The molecule has 2 aromatic carbocycles. The molecule has 2 amide bonds. The first-order chi connectivity index (χ1) is 15.7. The minimum absolute atomic E-state index is 0.0528. The SMILES string of the molecule is CC(C)NC(=O)[C@@H](C)N(Cc1c(Cl)cccc1Cl)C(=O)CN(c1ccc(Cl)cc1Cl)S(C)(=O)=O. The summed E-state index contributed by atoms with van der Waals surface area (Å²) in [5.41, 5.74) is 0.510. The van der Waals surface area contributed by atoms with Gasteiger partial charge in [0.05, 0.1) is 17.0 Å². The van der Waals surface area contributed by atoms with Crippen molar-refractivity contribution in [3.8, 4) is 0 Å². The highest BCUT2D eigenvalue weighted by Crippen LogP contribution is 2.31. The Hall–Kier alpha value is -1.71. The molecule has 0 unspecified atom stereocenters. The van der Waals surface area contributed by atoms with E-state index in [0.717, 1.165) is 10.6 Å². The minimum Gasteiger partial charge on any atom is -0.352 e. The largest absolute Gasteiger partial charge is 0.352 e. The lowest BCUT2D eigenvalue weighted by molar-refractivity contribution is -0.139. The number of carbonyl (C=O) groups is 2. The molecule has 12 heteroatoms. The zero-order chi connectivity index (χ0) is 25.8. The lowest BCUT2D eigenvalue weighted by Crippen LogP contribution is -2.52. The van der Waals surface area contributed by atoms with Crippen molar-refractivity contribution in [3.05, 3.63) is 62.1 Å². The molecule has 0 fully saturated rings. The van der Waals surface area contributed by atoms with Gasteiger partial charge in [0.2, 0.25) is 21.8 Å². The summed E-state index contributed by atoms with van der Waals surface area (Å²) < 4.78 is 26.0. The van der Waals surface area contributed by atoms with Crippen LogP contribution in [0.15, 0.2) is 36.4 Å². The van der Waals surface area contributed by atoms with Gasteiger partial charge in [-0.1, -0.05) is 52.5 Å². The van der Waals surface area contributed by atoms with Gasteiger partial charge < -0.3 is 10.2 Å². The maximum absolute atomic E-state index is 13.5. The van der Waals surface area contributed by atoms with E-state index in [0.29, 0.717) is 20.6 Å². The lowest BCUT2D eigenvalue weighted by atomic mass is 10.1. The number of hydrogen-bond donors (Lipinski definition) is 1. The molecule has 186 valence electrons. The molecule has 0 saturated carbocycles. The number of benzene rings is 2. The van der Waals surface area contributed by atoms with Gasteiger partial charge in [-0.3, -0.25) is 13.9 Å². The van der Waals surface area contributed by atoms with Crippen molar-refractivity contribution in [2.75, 3.05) is 17.1 Å². The van der Waals surface area contributed by atoms with Crippen molar-refractivity contribution in [2.24, 2.45) is 0 Å². The van der Waals surface area contributed by atoms with Crippen molar-refractivity contribution in [2.45, 2.75) is 39.4 Å². The average molecular weight is 569 g/mol. The average Bonchev–Trinajstić information content (AvgIpc) is 2.70. The number of hydrogen-bond acceptors (Lipinski definition) is 4. The first-order valence-corrected chi connectivity index (χ1v) is 13.5. The highest BCUT2D eigenvalue weighted by molar-refractivity contribution is 7.92. The summed E-state index contributed by atoms with van der Waals surface area (Å²) in [7, 11) is -3.93. The first-order valence-electron chi connectivity index (χ1n) is 10.2. The number of carbonyl (C=O) groups excluding carboxylic acids is 2. The van der Waals surface area contributed by atoms with E-state index in [1.807, 2.05) is 0 Å². The monoisotopic (exact) mass is 567 g/mol. The van der Waals surface area contributed by atoms with E-state index in [1.165, 1.54) is 23.1 Å². The fraction of sp³-hybridized carbons (Fsp3) is 0.364. The summed E-state index contributed by atoms with van der Waals surface area (Å²) in [6.45, 7) is 4.39. The Kier molecular flexibility index (Phi) is 9.91. The van der Waals surface area contributed by atoms with E-state index in [1.54, 1.807) is 39.0 Å². The maximum atomic E-state index is 13.5. The number of anilines is 1. The molecule has 0 saturated heterocycles. The molecule has 0 spiro atoms. The molecule has 2 rings (SSSR count). The van der Waals surface area contributed by atoms with Crippen molar-refractivity contribution in [1.82, 2.24) is 10.2 Å². The van der Waals surface area contributed by atoms with Crippen LogP contribution in [-0.4, -0.2) is 50.0 Å². The van der Waals surface area contributed by atoms with Crippen LogP contribution in [0.5, 0.6) is 0 Å². The van der Waals surface area contributed by atoms with E-state index < -0.39 is 34.4 Å². The lowest BCUT2D eigenvalue weighted by Gasteiger charge is -2.32. The van der Waals surface area contributed by atoms with Crippen molar-refractivity contribution in [1.29, 1.82) is 0 Å². The van der Waals surface area contributed by atoms with Gasteiger partial charge in [-0.05, 0) is 51.1 Å². The second-order valence-corrected chi connectivity index (χ2v) is 11.5. The fourth-order valence-corrected chi connectivity index (χ4v) is 5.06. The summed E-state index contributed by atoms with van der Waals surface area (Å²) in [6.07, 6.45) is 0.954. The van der Waals surface area contributed by atoms with Crippen LogP contribution in [0, 0.1) is 0 Å². The molecule has 1 atom stereocenters. The van der Waals surface area contributed by atoms with Crippen molar-refractivity contribution < 1.29 is 18.0 Å². The molecule has 0 bridgehead atoms. The topological polar surface area (TPSA) is 86.8 Å². The number of halogens is 4. The van der Waals surface area contributed by atoms with Gasteiger partial charge in [-0.25, -0.2) is 8.42 Å². The summed E-state index contributed by atoms with van der Waals surface area (Å²) >= 11 is 24.7. The van der Waals surface area contributed by atoms with Crippen LogP contribution in [0.1, 0.15) is 26.3 Å². The summed E-state index contributed by atoms with van der Waals surface area (Å²) in [5, 5.41) is 3.73. The van der Waals surface area contributed by atoms with Crippen LogP contribution in [0.25, 0.3) is 0 Å². The highest BCUT2D eigenvalue weighted by atomic mass is 35.5. The smallest absolute Gasteiger partial charge is 0.244 e. The van der Waals surface area contributed by atoms with Crippen LogP contribution >= 0.6 is 46.4 Å². The number of rotatable bonds is 9. The van der Waals surface area contributed by atoms with Gasteiger partial charge >= 0.3 is 0 Å². The molecular formula is C22H25Cl4N3O4S. The summed E-state index contributed by atoms with van der Waals surface area (Å²) in [5.74, 6) is -1.07. The quantitative estimate of drug-likeness (QED) is 0.461. The van der Waals surface area contributed by atoms with Gasteiger partial charge in [0, 0.05) is 33.2 Å². The van der Waals surface area contributed by atoms with Gasteiger partial charge in [0.15, 0.2) is 0 Å². The van der Waals surface area contributed by atoms with E-state index in [-0.39, 0.29) is 23.3 Å². The Bertz CT molecular complexity index is 1150.